The van der Waals surface area contributed by atoms with Crippen LogP contribution in [-0.2, 0) is 13.1 Å². The summed E-state index contributed by atoms with van der Waals surface area (Å²) >= 11 is 11.6. The molecule has 3 aromatic heterocycles. The lowest BCUT2D eigenvalue weighted by Gasteiger charge is -2.17. The molecule has 0 aliphatic carbocycles. The second-order valence-corrected chi connectivity index (χ2v) is 9.94. The third-order valence-electron chi connectivity index (χ3n) is 6.47. The number of carbonyl (C=O) groups excluding carboxylic acids is 1. The lowest BCUT2D eigenvalue weighted by Crippen LogP contribution is -2.23. The van der Waals surface area contributed by atoms with Gasteiger partial charge in [0.2, 0.25) is 0 Å². The van der Waals surface area contributed by atoms with Gasteiger partial charge in [-0.05, 0) is 26.0 Å². The summed E-state index contributed by atoms with van der Waals surface area (Å²) in [6, 6.07) is 4.32. The highest BCUT2D eigenvalue weighted by Gasteiger charge is 2.25. The summed E-state index contributed by atoms with van der Waals surface area (Å²) in [6.45, 7) is 3.29. The number of oxazole rings is 1. The van der Waals surface area contributed by atoms with E-state index in [1.54, 1.807) is 13.8 Å². The van der Waals surface area contributed by atoms with Crippen LogP contribution in [0.3, 0.4) is 0 Å². The Bertz CT molecular complexity index is 2000. The summed E-state index contributed by atoms with van der Waals surface area (Å²) in [5.74, 6) is -6.69. The molecule has 0 unspecified atom stereocenters. The van der Waals surface area contributed by atoms with Crippen LogP contribution in [0.15, 0.2) is 63.0 Å². The molecule has 0 aliphatic rings. The number of hydrogen-bond acceptors (Lipinski definition) is 5. The molecular formula is C30H19Cl2F6N3O4. The lowest BCUT2D eigenvalue weighted by atomic mass is 10.0. The SMILES string of the molecule is CCn1c(-c2c(F)cc(F)cc2F)c(-c2cnco2)cc(Cl)c1=O.CCn1c(-c2c(F)cc(F)cc2F)c(C=O)cc(Cl)c1=O. The molecule has 5 rings (SSSR count). The van der Waals surface area contributed by atoms with E-state index in [2.05, 4.69) is 4.98 Å². The van der Waals surface area contributed by atoms with Crippen molar-refractivity contribution in [3.8, 4) is 33.8 Å². The Morgan fingerprint density at radius 1 is 0.733 bits per heavy atom. The maximum Gasteiger partial charge on any atom is 0.269 e. The van der Waals surface area contributed by atoms with Gasteiger partial charge >= 0.3 is 0 Å². The zero-order chi connectivity index (χ0) is 33.2. The summed E-state index contributed by atoms with van der Waals surface area (Å²) in [5.41, 5.74) is -2.86. The lowest BCUT2D eigenvalue weighted by molar-refractivity contribution is 0.112. The number of benzene rings is 2. The zero-order valence-electron chi connectivity index (χ0n) is 23.1. The van der Waals surface area contributed by atoms with Crippen LogP contribution in [-0.4, -0.2) is 20.4 Å². The molecule has 5 aromatic rings. The Morgan fingerprint density at radius 3 is 1.60 bits per heavy atom. The number of rotatable bonds is 6. The van der Waals surface area contributed by atoms with Gasteiger partial charge in [-0.25, -0.2) is 31.3 Å². The second-order valence-electron chi connectivity index (χ2n) is 9.12. The number of nitrogens with zero attached hydrogens (tertiary/aromatic N) is 3. The van der Waals surface area contributed by atoms with Gasteiger partial charge in [-0.15, -0.1) is 0 Å². The van der Waals surface area contributed by atoms with Crippen molar-refractivity contribution in [2.24, 2.45) is 0 Å². The number of halogens is 8. The van der Waals surface area contributed by atoms with Crippen molar-refractivity contribution in [2.45, 2.75) is 26.9 Å². The van der Waals surface area contributed by atoms with Crippen LogP contribution in [0.4, 0.5) is 26.3 Å². The minimum atomic E-state index is -1.21. The first kappa shape index (κ1) is 33.3. The van der Waals surface area contributed by atoms with E-state index in [0.717, 1.165) is 21.6 Å². The van der Waals surface area contributed by atoms with Gasteiger partial charge in [0.1, 0.15) is 44.9 Å². The van der Waals surface area contributed by atoms with E-state index in [0.29, 0.717) is 30.6 Å². The highest BCUT2D eigenvalue weighted by atomic mass is 35.5. The summed E-state index contributed by atoms with van der Waals surface area (Å²) in [7, 11) is 0. The fourth-order valence-electron chi connectivity index (χ4n) is 4.60. The van der Waals surface area contributed by atoms with Gasteiger partial charge in [-0.3, -0.25) is 14.4 Å². The topological polar surface area (TPSA) is 87.1 Å². The number of hydrogen-bond donors (Lipinski definition) is 0. The van der Waals surface area contributed by atoms with Crippen molar-refractivity contribution >= 4 is 29.5 Å². The summed E-state index contributed by atoms with van der Waals surface area (Å²) < 4.78 is 89.9. The van der Waals surface area contributed by atoms with Crippen molar-refractivity contribution in [2.75, 3.05) is 0 Å². The van der Waals surface area contributed by atoms with Crippen LogP contribution in [0.1, 0.15) is 24.2 Å². The van der Waals surface area contributed by atoms with Crippen LogP contribution in [0.2, 0.25) is 10.0 Å². The molecule has 0 N–H and O–H groups in total. The van der Waals surface area contributed by atoms with E-state index < -0.39 is 57.1 Å². The molecule has 3 heterocycles. The molecule has 0 fully saturated rings. The second kappa shape index (κ2) is 13.6. The first-order valence-corrected chi connectivity index (χ1v) is 13.6. The van der Waals surface area contributed by atoms with Gasteiger partial charge in [0, 0.05) is 48.5 Å². The first-order valence-electron chi connectivity index (χ1n) is 12.8. The van der Waals surface area contributed by atoms with Crippen LogP contribution in [0.25, 0.3) is 33.8 Å². The predicted octanol–water partition coefficient (Wildman–Crippen LogP) is 7.68. The quantitative estimate of drug-likeness (QED) is 0.137. The molecule has 0 bridgehead atoms. The van der Waals surface area contributed by atoms with Crippen LogP contribution in [0, 0.1) is 34.9 Å². The number of aromatic nitrogens is 3. The molecular weight excluding hydrogens is 651 g/mol. The van der Waals surface area contributed by atoms with E-state index >= 15 is 0 Å². The predicted molar refractivity (Wildman–Crippen MR) is 154 cm³/mol. The highest BCUT2D eigenvalue weighted by Crippen LogP contribution is 2.36. The average Bonchev–Trinajstić information content (AvgIpc) is 3.51. The average molecular weight is 670 g/mol. The Kier molecular flexibility index (Phi) is 10.0. The Balaban J connectivity index is 0.000000207. The molecule has 0 spiro atoms. The maximum absolute atomic E-state index is 14.3. The Hall–Kier alpha value is -4.62. The molecule has 0 amide bonds. The third kappa shape index (κ3) is 6.45. The van der Waals surface area contributed by atoms with Crippen molar-refractivity contribution in [1.29, 1.82) is 0 Å². The zero-order valence-corrected chi connectivity index (χ0v) is 24.6. The Labute approximate surface area is 259 Å². The van der Waals surface area contributed by atoms with Gasteiger partial charge < -0.3 is 13.6 Å². The molecule has 0 atom stereocenters. The molecule has 0 aliphatic heterocycles. The minimum absolute atomic E-state index is 0.0336. The van der Waals surface area contributed by atoms with Crippen molar-refractivity contribution in [3.05, 3.63) is 120 Å². The molecule has 0 radical (unpaired) electrons. The first-order chi connectivity index (χ1) is 21.3. The minimum Gasteiger partial charge on any atom is -0.443 e. The van der Waals surface area contributed by atoms with E-state index in [-0.39, 0.29) is 51.4 Å². The van der Waals surface area contributed by atoms with Gasteiger partial charge in [-0.2, -0.15) is 0 Å². The molecule has 7 nitrogen and oxygen atoms in total. The standard InChI is InChI=1S/C16H10ClF3N2O2.C14H9ClF3NO2/c1-2-22-15(14-11(19)3-8(18)4-12(14)20)9(5-10(17)16(22)23)13-6-21-7-24-13;1-2-19-13(7(6-20)3-9(15)14(19)21)12-10(17)4-8(16)5-11(12)18/h3-7H,2H2,1H3;3-6H,2H2,1H3. The van der Waals surface area contributed by atoms with E-state index in [4.69, 9.17) is 27.6 Å². The van der Waals surface area contributed by atoms with Crippen LogP contribution >= 0.6 is 23.2 Å². The van der Waals surface area contributed by atoms with Crippen molar-refractivity contribution in [1.82, 2.24) is 14.1 Å². The molecule has 0 saturated heterocycles. The molecule has 45 heavy (non-hydrogen) atoms. The smallest absolute Gasteiger partial charge is 0.269 e. The van der Waals surface area contributed by atoms with E-state index in [1.807, 2.05) is 0 Å². The third-order valence-corrected chi connectivity index (χ3v) is 7.01. The van der Waals surface area contributed by atoms with E-state index in [9.17, 15) is 40.7 Å². The maximum atomic E-state index is 14.3. The fraction of sp³-hybridized carbons (Fsp3) is 0.133. The largest absolute Gasteiger partial charge is 0.443 e. The van der Waals surface area contributed by atoms with Crippen molar-refractivity contribution in [3.63, 3.8) is 0 Å². The molecule has 15 heteroatoms. The monoisotopic (exact) mass is 669 g/mol. The van der Waals surface area contributed by atoms with Gasteiger partial charge in [0.25, 0.3) is 11.1 Å². The molecule has 0 saturated carbocycles. The fourth-order valence-corrected chi connectivity index (χ4v) is 5.03. The molecule has 234 valence electrons. The number of carbonyl (C=O) groups is 1. The van der Waals surface area contributed by atoms with Crippen LogP contribution in [0.5, 0.6) is 0 Å². The van der Waals surface area contributed by atoms with Gasteiger partial charge in [0.15, 0.2) is 18.4 Å². The summed E-state index contributed by atoms with van der Waals surface area (Å²) in [4.78, 5) is 39.1. The van der Waals surface area contributed by atoms with Gasteiger partial charge in [-0.1, -0.05) is 23.2 Å². The number of aldehydes is 1. The Morgan fingerprint density at radius 2 is 1.18 bits per heavy atom. The normalized spacial score (nSPS) is 10.9. The van der Waals surface area contributed by atoms with Crippen LogP contribution < -0.4 is 11.1 Å². The highest BCUT2D eigenvalue weighted by molar-refractivity contribution is 6.31. The van der Waals surface area contributed by atoms with E-state index in [1.165, 1.54) is 12.3 Å². The van der Waals surface area contributed by atoms with Gasteiger partial charge in [0.05, 0.1) is 28.7 Å². The number of pyridine rings is 2. The van der Waals surface area contributed by atoms with Crippen molar-refractivity contribution < 1.29 is 35.6 Å². The summed E-state index contributed by atoms with van der Waals surface area (Å²) in [6.07, 6.45) is 2.78. The summed E-state index contributed by atoms with van der Waals surface area (Å²) in [5, 5.41) is -0.388. The molecule has 2 aromatic carbocycles.